The number of amides is 4. The Balaban J connectivity index is 0.873. The van der Waals surface area contributed by atoms with Crippen molar-refractivity contribution in [1.82, 2.24) is 50.6 Å². The van der Waals surface area contributed by atoms with Gasteiger partial charge in [0.2, 0.25) is 11.8 Å². The maximum atomic E-state index is 12.9. The van der Waals surface area contributed by atoms with E-state index < -0.39 is 6.03 Å². The van der Waals surface area contributed by atoms with Gasteiger partial charge in [0.25, 0.3) is 11.7 Å². The number of nitrogens with zero attached hydrogens (tertiary/aromatic N) is 9. The molecular formula is C41H46N12O4. The number of urea groups is 1. The Labute approximate surface area is 329 Å². The number of imide groups is 1. The van der Waals surface area contributed by atoms with Crippen molar-refractivity contribution in [3.63, 3.8) is 0 Å². The average Bonchev–Trinajstić information content (AvgIpc) is 3.98. The first-order valence-electron chi connectivity index (χ1n) is 19.2. The molecule has 16 nitrogen and oxygen atoms in total. The molecule has 16 heteroatoms. The number of anilines is 2. The zero-order chi connectivity index (χ0) is 39.8. The zero-order valence-corrected chi connectivity index (χ0v) is 32.7. The van der Waals surface area contributed by atoms with Crippen LogP contribution in [0.4, 0.5) is 16.2 Å². The van der Waals surface area contributed by atoms with Crippen LogP contribution in [-0.4, -0.2) is 97.1 Å². The summed E-state index contributed by atoms with van der Waals surface area (Å²) in [5.74, 6) is -0.203. The van der Waals surface area contributed by atoms with E-state index in [1.54, 1.807) is 11.1 Å². The van der Waals surface area contributed by atoms with Gasteiger partial charge in [0.1, 0.15) is 0 Å². The lowest BCUT2D eigenvalue weighted by atomic mass is 9.97. The van der Waals surface area contributed by atoms with Crippen molar-refractivity contribution < 1.29 is 18.9 Å². The number of pyridine rings is 1. The van der Waals surface area contributed by atoms with E-state index in [9.17, 15) is 14.4 Å². The highest BCUT2D eigenvalue weighted by atomic mass is 16.5. The smallest absolute Gasteiger partial charge is 0.328 e. The Morgan fingerprint density at radius 3 is 2.42 bits per heavy atom. The normalized spacial score (nSPS) is 15.9. The summed E-state index contributed by atoms with van der Waals surface area (Å²) in [6.07, 6.45) is 5.68. The molecule has 0 bridgehead atoms. The molecule has 0 spiro atoms. The molecule has 0 unspecified atom stereocenters. The number of piperazine rings is 1. The Kier molecular flexibility index (Phi) is 10.0. The fraction of sp³-hybridized carbons (Fsp3) is 0.366. The number of carbonyl (C=O) groups is 3. The third-order valence-electron chi connectivity index (χ3n) is 10.6. The molecule has 0 saturated carbocycles. The largest absolute Gasteiger partial charge is 0.369 e. The molecule has 0 aliphatic carbocycles. The lowest BCUT2D eigenvalue weighted by molar-refractivity contribution is -0.120. The molecule has 294 valence electrons. The van der Waals surface area contributed by atoms with Crippen LogP contribution < -0.4 is 20.4 Å². The predicted molar refractivity (Wildman–Crippen MR) is 215 cm³/mol. The molecule has 2 aliphatic rings. The van der Waals surface area contributed by atoms with E-state index >= 15 is 0 Å². The Bertz CT molecular complexity index is 2440. The first-order chi connectivity index (χ1) is 27.4. The quantitative estimate of drug-likeness (QED) is 0.166. The minimum absolute atomic E-state index is 0.0181. The van der Waals surface area contributed by atoms with Crippen molar-refractivity contribution in [2.75, 3.05) is 49.1 Å². The molecule has 4 amide bonds. The molecule has 6 aromatic rings. The molecule has 2 aliphatic heterocycles. The Hall–Kier alpha value is -6.42. The number of aryl methyl sites for hydroxylation is 1. The number of aromatic amines is 1. The monoisotopic (exact) mass is 770 g/mol. The standard InChI is InChI=1S/C41H46N12O4/c1-25-20-28(8-11-32(25)26(2)44-38(55)37-46-39(57-49-37)41(3,4)5)35-33-21-29(22-42-36(33)48-47-35)27-6-9-30(10-7-27)51-17-14-50(15-18-51)16-19-52-24-31(23-43-52)53-13-12-34(54)45-40(53)56/h6-11,20-24,26H,12-19H2,1-5H3,(H,44,55)(H,42,47,48)(H,45,54,56)/t26-/m1/s1. The molecule has 4 aromatic heterocycles. The van der Waals surface area contributed by atoms with Gasteiger partial charge < -0.3 is 14.7 Å². The molecule has 8 rings (SSSR count). The van der Waals surface area contributed by atoms with Crippen LogP contribution in [0.5, 0.6) is 0 Å². The second kappa shape index (κ2) is 15.3. The highest BCUT2D eigenvalue weighted by molar-refractivity contribution is 6.05. The molecule has 2 saturated heterocycles. The summed E-state index contributed by atoms with van der Waals surface area (Å²) in [6, 6.07) is 16.2. The minimum Gasteiger partial charge on any atom is -0.369 e. The second-order valence-corrected chi connectivity index (χ2v) is 15.7. The number of fused-ring (bicyclic) bond motifs is 1. The number of rotatable bonds is 10. The number of hydrogen-bond donors (Lipinski definition) is 3. The van der Waals surface area contributed by atoms with Crippen LogP contribution in [0.3, 0.4) is 0 Å². The fourth-order valence-corrected chi connectivity index (χ4v) is 7.32. The van der Waals surface area contributed by atoms with Gasteiger partial charge in [-0.25, -0.2) is 9.78 Å². The zero-order valence-electron chi connectivity index (χ0n) is 32.7. The molecule has 2 aromatic carbocycles. The van der Waals surface area contributed by atoms with Crippen LogP contribution in [0.1, 0.15) is 67.8 Å². The molecule has 6 heterocycles. The summed E-state index contributed by atoms with van der Waals surface area (Å²) in [5, 5.41) is 22.3. The van der Waals surface area contributed by atoms with Crippen molar-refractivity contribution in [2.45, 2.75) is 59.0 Å². The van der Waals surface area contributed by atoms with Gasteiger partial charge in [0.05, 0.1) is 30.2 Å². The summed E-state index contributed by atoms with van der Waals surface area (Å²) < 4.78 is 7.16. The summed E-state index contributed by atoms with van der Waals surface area (Å²) in [7, 11) is 0. The third-order valence-corrected chi connectivity index (χ3v) is 10.6. The summed E-state index contributed by atoms with van der Waals surface area (Å²) >= 11 is 0. The number of benzene rings is 2. The van der Waals surface area contributed by atoms with Crippen molar-refractivity contribution >= 4 is 40.3 Å². The minimum atomic E-state index is -0.400. The fourth-order valence-electron chi connectivity index (χ4n) is 7.32. The SMILES string of the molecule is Cc1cc(-c2[nH]nc3ncc(-c4ccc(N5CCN(CCn6cc(N7CCC(=O)NC7=O)cn6)CC5)cc4)cc23)ccc1[C@@H](C)NC(=O)c1noc(C(C)(C)C)n1. The number of aromatic nitrogens is 7. The molecular weight excluding hydrogens is 725 g/mol. The van der Waals surface area contributed by atoms with Crippen molar-refractivity contribution in [2.24, 2.45) is 0 Å². The number of carbonyl (C=O) groups excluding carboxylic acids is 3. The molecule has 3 N–H and O–H groups in total. The van der Waals surface area contributed by atoms with Gasteiger partial charge in [-0.2, -0.15) is 15.2 Å². The highest BCUT2D eigenvalue weighted by Crippen LogP contribution is 2.32. The summed E-state index contributed by atoms with van der Waals surface area (Å²) in [5.41, 5.74) is 8.08. The Morgan fingerprint density at radius 1 is 0.930 bits per heavy atom. The van der Waals surface area contributed by atoms with Gasteiger partial charge >= 0.3 is 6.03 Å². The third kappa shape index (κ3) is 7.98. The van der Waals surface area contributed by atoms with E-state index in [-0.39, 0.29) is 35.5 Å². The van der Waals surface area contributed by atoms with Gasteiger partial charge in [-0.15, -0.1) is 0 Å². The number of hydrogen-bond acceptors (Lipinski definition) is 11. The van der Waals surface area contributed by atoms with Crippen LogP contribution in [0.15, 0.2) is 71.6 Å². The first-order valence-corrected chi connectivity index (χ1v) is 19.2. The van der Waals surface area contributed by atoms with Gasteiger partial charge in [0, 0.05) is 85.7 Å². The molecule has 1 atom stereocenters. The first kappa shape index (κ1) is 37.5. The van der Waals surface area contributed by atoms with Crippen molar-refractivity contribution in [1.29, 1.82) is 0 Å². The highest BCUT2D eigenvalue weighted by Gasteiger charge is 2.27. The van der Waals surface area contributed by atoms with Crippen molar-refractivity contribution in [3.8, 4) is 22.4 Å². The number of H-pyrrole nitrogens is 1. The predicted octanol–water partition coefficient (Wildman–Crippen LogP) is 5.24. The van der Waals surface area contributed by atoms with E-state index in [1.165, 1.54) is 5.69 Å². The lowest BCUT2D eigenvalue weighted by Gasteiger charge is -2.36. The second-order valence-electron chi connectivity index (χ2n) is 15.7. The van der Waals surface area contributed by atoms with Gasteiger partial charge in [-0.1, -0.05) is 50.2 Å². The molecule has 0 radical (unpaired) electrons. The van der Waals surface area contributed by atoms with Crippen molar-refractivity contribution in [3.05, 3.63) is 90.0 Å². The van der Waals surface area contributed by atoms with E-state index in [4.69, 9.17) is 4.52 Å². The van der Waals surface area contributed by atoms with Crippen LogP contribution >= 0.6 is 0 Å². The number of nitrogens with one attached hydrogen (secondary N) is 3. The van der Waals surface area contributed by atoms with E-state index in [0.717, 1.165) is 71.6 Å². The topological polar surface area (TPSA) is 183 Å². The van der Waals surface area contributed by atoms with Crippen LogP contribution in [-0.2, 0) is 16.8 Å². The van der Waals surface area contributed by atoms with Gasteiger partial charge in [0.15, 0.2) is 5.65 Å². The molecule has 57 heavy (non-hydrogen) atoms. The molecule has 2 fully saturated rings. The maximum absolute atomic E-state index is 12.9. The van der Waals surface area contributed by atoms with Gasteiger partial charge in [-0.05, 0) is 54.8 Å². The Morgan fingerprint density at radius 2 is 1.70 bits per heavy atom. The van der Waals surface area contributed by atoms with Crippen LogP contribution in [0.2, 0.25) is 0 Å². The van der Waals surface area contributed by atoms with Crippen LogP contribution in [0.25, 0.3) is 33.4 Å². The lowest BCUT2D eigenvalue weighted by Crippen LogP contribution is -2.49. The summed E-state index contributed by atoms with van der Waals surface area (Å²) in [4.78, 5) is 51.9. The van der Waals surface area contributed by atoms with E-state index in [1.807, 2.05) is 63.8 Å². The van der Waals surface area contributed by atoms with Gasteiger partial charge in [-0.3, -0.25) is 34.5 Å². The van der Waals surface area contributed by atoms with E-state index in [0.29, 0.717) is 30.3 Å². The maximum Gasteiger partial charge on any atom is 0.328 e. The average molecular weight is 771 g/mol. The van der Waals surface area contributed by atoms with Crippen LogP contribution in [0, 0.1) is 6.92 Å². The van der Waals surface area contributed by atoms with E-state index in [2.05, 4.69) is 87.3 Å². The summed E-state index contributed by atoms with van der Waals surface area (Å²) in [6.45, 7) is 15.4.